The number of aromatic amines is 1. The van der Waals surface area contributed by atoms with Gasteiger partial charge in [-0.3, -0.25) is 9.59 Å². The molecule has 0 unspecified atom stereocenters. The first-order valence-electron chi connectivity index (χ1n) is 10.1. The van der Waals surface area contributed by atoms with Crippen LogP contribution in [0.3, 0.4) is 0 Å². The minimum atomic E-state index is -0.723. The lowest BCUT2D eigenvalue weighted by atomic mass is 10.2. The van der Waals surface area contributed by atoms with Gasteiger partial charge in [0.2, 0.25) is 5.78 Å². The maximum atomic E-state index is 12.4. The van der Waals surface area contributed by atoms with Gasteiger partial charge in [0, 0.05) is 24.8 Å². The van der Waals surface area contributed by atoms with Crippen molar-refractivity contribution in [2.45, 2.75) is 26.2 Å². The molecule has 8 nitrogen and oxygen atoms in total. The highest BCUT2D eigenvalue weighted by atomic mass is 35.5. The molecule has 3 rings (SSSR count). The number of H-pyrrole nitrogens is 1. The van der Waals surface area contributed by atoms with Crippen LogP contribution in [0.25, 0.3) is 0 Å². The molecule has 0 atom stereocenters. The zero-order valence-electron chi connectivity index (χ0n) is 17.5. The van der Waals surface area contributed by atoms with Crippen LogP contribution in [0.5, 0.6) is 11.5 Å². The number of methoxy groups -OCH3 is 1. The van der Waals surface area contributed by atoms with E-state index in [1.807, 2.05) is 6.92 Å². The van der Waals surface area contributed by atoms with E-state index < -0.39 is 18.4 Å². The number of ether oxygens (including phenoxy) is 3. The molecule has 9 heteroatoms. The second-order valence-electron chi connectivity index (χ2n) is 7.14. The van der Waals surface area contributed by atoms with E-state index >= 15 is 0 Å². The summed E-state index contributed by atoms with van der Waals surface area (Å²) >= 11 is 6.22. The minimum absolute atomic E-state index is 0.137. The van der Waals surface area contributed by atoms with Gasteiger partial charge in [0.1, 0.15) is 5.69 Å². The van der Waals surface area contributed by atoms with Crippen molar-refractivity contribution in [3.63, 3.8) is 0 Å². The molecule has 2 aromatic rings. The molecule has 1 saturated heterocycles. The fourth-order valence-electron chi connectivity index (χ4n) is 3.25. The summed E-state index contributed by atoms with van der Waals surface area (Å²) in [5, 5.41) is 0.210. The average molecular weight is 449 g/mol. The first kappa shape index (κ1) is 22.7. The number of carbonyl (C=O) groups is 3. The first-order valence-corrected chi connectivity index (χ1v) is 10.5. The van der Waals surface area contributed by atoms with Gasteiger partial charge in [0.15, 0.2) is 18.1 Å². The molecule has 31 heavy (non-hydrogen) atoms. The van der Waals surface area contributed by atoms with Gasteiger partial charge in [-0.2, -0.15) is 0 Å². The minimum Gasteiger partial charge on any atom is -0.493 e. The quantitative estimate of drug-likeness (QED) is 0.463. The smallest absolute Gasteiger partial charge is 0.338 e. The van der Waals surface area contributed by atoms with Gasteiger partial charge in [0.05, 0.1) is 24.3 Å². The van der Waals surface area contributed by atoms with Gasteiger partial charge >= 0.3 is 5.97 Å². The zero-order valence-corrected chi connectivity index (χ0v) is 18.3. The number of nitrogens with zero attached hydrogens (tertiary/aromatic N) is 1. The standard InChI is InChI=1S/C22H25ClN2O6/c1-3-8-30-20-16(23)9-14(11-19(20)29-2)22(28)31-13-18(26)15-10-17(24-12-15)21(27)25-6-4-5-7-25/h9-12,24H,3-8,13H2,1-2H3. The number of rotatable bonds is 9. The van der Waals surface area contributed by atoms with Crippen LogP contribution in [0.2, 0.25) is 5.02 Å². The van der Waals surface area contributed by atoms with E-state index in [-0.39, 0.29) is 22.1 Å². The van der Waals surface area contributed by atoms with Crippen molar-refractivity contribution in [1.29, 1.82) is 0 Å². The molecular weight excluding hydrogens is 424 g/mol. The Balaban J connectivity index is 1.62. The van der Waals surface area contributed by atoms with Gasteiger partial charge in [-0.1, -0.05) is 18.5 Å². The van der Waals surface area contributed by atoms with Crippen LogP contribution in [0.1, 0.15) is 57.4 Å². The summed E-state index contributed by atoms with van der Waals surface area (Å²) < 4.78 is 15.9. The molecule has 1 amide bonds. The largest absolute Gasteiger partial charge is 0.493 e. The molecule has 0 radical (unpaired) electrons. The number of Topliss-reactive ketones (excluding diaryl/α,β-unsaturated/α-hetero) is 1. The molecule has 1 aromatic heterocycles. The van der Waals surface area contributed by atoms with Gasteiger partial charge in [-0.25, -0.2) is 4.79 Å². The number of likely N-dealkylation sites (tertiary alicyclic amines) is 1. The average Bonchev–Trinajstić information content (AvgIpc) is 3.48. The van der Waals surface area contributed by atoms with E-state index in [4.69, 9.17) is 25.8 Å². The number of esters is 1. The molecule has 2 heterocycles. The molecule has 0 spiro atoms. The number of carbonyl (C=O) groups excluding carboxylic acids is 3. The van der Waals surface area contributed by atoms with Crippen LogP contribution in [-0.4, -0.2) is 61.0 Å². The number of amides is 1. The molecule has 1 fully saturated rings. The Hall–Kier alpha value is -3.00. The zero-order chi connectivity index (χ0) is 22.4. The lowest BCUT2D eigenvalue weighted by Gasteiger charge is -2.13. The highest BCUT2D eigenvalue weighted by Crippen LogP contribution is 2.36. The van der Waals surface area contributed by atoms with E-state index in [0.717, 1.165) is 19.3 Å². The van der Waals surface area contributed by atoms with E-state index in [1.165, 1.54) is 31.5 Å². The maximum Gasteiger partial charge on any atom is 0.338 e. The third-order valence-corrected chi connectivity index (χ3v) is 5.16. The Morgan fingerprint density at radius 2 is 1.87 bits per heavy atom. The first-order chi connectivity index (χ1) is 14.9. The predicted molar refractivity (Wildman–Crippen MR) is 114 cm³/mol. The van der Waals surface area contributed by atoms with Crippen molar-refractivity contribution in [3.8, 4) is 11.5 Å². The number of hydrogen-bond acceptors (Lipinski definition) is 6. The lowest BCUT2D eigenvalue weighted by Crippen LogP contribution is -2.27. The Bertz CT molecular complexity index is 965. The molecule has 0 bridgehead atoms. The summed E-state index contributed by atoms with van der Waals surface area (Å²) in [7, 11) is 1.44. The summed E-state index contributed by atoms with van der Waals surface area (Å²) in [4.78, 5) is 41.8. The van der Waals surface area contributed by atoms with Crippen LogP contribution in [0.4, 0.5) is 0 Å². The summed E-state index contributed by atoms with van der Waals surface area (Å²) in [6.07, 6.45) is 4.19. The van der Waals surface area contributed by atoms with Crippen molar-refractivity contribution in [3.05, 3.63) is 46.2 Å². The number of ketones is 1. The molecule has 1 aliphatic heterocycles. The van der Waals surface area contributed by atoms with E-state index in [9.17, 15) is 14.4 Å². The lowest BCUT2D eigenvalue weighted by molar-refractivity contribution is 0.0474. The summed E-state index contributed by atoms with van der Waals surface area (Å²) in [5.74, 6) is -0.637. The van der Waals surface area contributed by atoms with Crippen LogP contribution in [0, 0.1) is 0 Å². The monoisotopic (exact) mass is 448 g/mol. The number of benzene rings is 1. The highest BCUT2D eigenvalue weighted by Gasteiger charge is 2.22. The number of hydrogen-bond donors (Lipinski definition) is 1. The molecule has 1 aliphatic rings. The highest BCUT2D eigenvalue weighted by molar-refractivity contribution is 6.32. The van der Waals surface area contributed by atoms with Gasteiger partial charge in [-0.05, 0) is 37.5 Å². The number of nitrogens with one attached hydrogen (secondary N) is 1. The van der Waals surface area contributed by atoms with Crippen molar-refractivity contribution >= 4 is 29.3 Å². The number of halogens is 1. The van der Waals surface area contributed by atoms with Gasteiger partial charge in [0.25, 0.3) is 5.91 Å². The SMILES string of the molecule is CCCOc1c(Cl)cc(C(=O)OCC(=O)c2c[nH]c(C(=O)N3CCCC3)c2)cc1OC. The summed E-state index contributed by atoms with van der Waals surface area (Å²) in [6, 6.07) is 4.34. The Morgan fingerprint density at radius 3 is 2.55 bits per heavy atom. The molecule has 0 aliphatic carbocycles. The predicted octanol–water partition coefficient (Wildman–Crippen LogP) is 3.74. The normalized spacial score (nSPS) is 13.2. The Labute approximate surface area is 185 Å². The Morgan fingerprint density at radius 1 is 1.13 bits per heavy atom. The van der Waals surface area contributed by atoms with Crippen molar-refractivity contribution in [2.75, 3.05) is 33.4 Å². The molecule has 0 saturated carbocycles. The molecule has 166 valence electrons. The molecule has 1 N–H and O–H groups in total. The second kappa shape index (κ2) is 10.3. The molecule has 1 aromatic carbocycles. The van der Waals surface area contributed by atoms with E-state index in [2.05, 4.69) is 4.98 Å². The summed E-state index contributed by atoms with van der Waals surface area (Å²) in [5.41, 5.74) is 0.752. The Kier molecular flexibility index (Phi) is 7.57. The third-order valence-electron chi connectivity index (χ3n) is 4.88. The van der Waals surface area contributed by atoms with Crippen molar-refractivity contribution < 1.29 is 28.6 Å². The fraction of sp³-hybridized carbons (Fsp3) is 0.409. The fourth-order valence-corrected chi connectivity index (χ4v) is 3.51. The van der Waals surface area contributed by atoms with E-state index in [1.54, 1.807) is 4.90 Å². The van der Waals surface area contributed by atoms with Gasteiger partial charge in [-0.15, -0.1) is 0 Å². The van der Waals surface area contributed by atoms with Crippen LogP contribution < -0.4 is 9.47 Å². The summed E-state index contributed by atoms with van der Waals surface area (Å²) in [6.45, 7) is 3.37. The number of aromatic nitrogens is 1. The molecular formula is C22H25ClN2O6. The topological polar surface area (TPSA) is 97.9 Å². The van der Waals surface area contributed by atoms with Crippen molar-refractivity contribution in [1.82, 2.24) is 9.88 Å². The van der Waals surface area contributed by atoms with Gasteiger partial charge < -0.3 is 24.1 Å². The van der Waals surface area contributed by atoms with Crippen LogP contribution in [-0.2, 0) is 4.74 Å². The van der Waals surface area contributed by atoms with Crippen LogP contribution >= 0.6 is 11.6 Å². The second-order valence-corrected chi connectivity index (χ2v) is 7.55. The van der Waals surface area contributed by atoms with Crippen LogP contribution in [0.15, 0.2) is 24.4 Å². The maximum absolute atomic E-state index is 12.4. The van der Waals surface area contributed by atoms with Crippen molar-refractivity contribution in [2.24, 2.45) is 0 Å². The third kappa shape index (κ3) is 5.38. The van der Waals surface area contributed by atoms with E-state index in [0.29, 0.717) is 36.9 Å².